The Morgan fingerprint density at radius 1 is 1.41 bits per heavy atom. The van der Waals surface area contributed by atoms with Crippen LogP contribution in [0.3, 0.4) is 0 Å². The summed E-state index contributed by atoms with van der Waals surface area (Å²) in [7, 11) is 0. The Morgan fingerprint density at radius 3 is 2.88 bits per heavy atom. The molecule has 0 amide bonds. The third-order valence-electron chi connectivity index (χ3n) is 3.84. The summed E-state index contributed by atoms with van der Waals surface area (Å²) in [5.74, 6) is 0.767. The Bertz CT molecular complexity index is 370. The van der Waals surface area contributed by atoms with Crippen LogP contribution in [0.4, 0.5) is 0 Å². The lowest BCUT2D eigenvalue weighted by molar-refractivity contribution is 0.325. The normalized spacial score (nSPS) is 20.6. The zero-order valence-corrected chi connectivity index (χ0v) is 10.8. The lowest BCUT2D eigenvalue weighted by Crippen LogP contribution is -2.38. The van der Waals surface area contributed by atoms with Crippen molar-refractivity contribution < 1.29 is 0 Å². The van der Waals surface area contributed by atoms with Crippen LogP contribution in [-0.2, 0) is 12.8 Å². The van der Waals surface area contributed by atoms with Gasteiger partial charge in [-0.25, -0.2) is 0 Å². The van der Waals surface area contributed by atoms with Gasteiger partial charge in [0, 0.05) is 6.04 Å². The molecule has 2 unspecified atom stereocenters. The van der Waals surface area contributed by atoms with E-state index >= 15 is 0 Å². The number of nitrogens with one attached hydrogen (secondary N) is 1. The number of hydrogen-bond donors (Lipinski definition) is 1. The quantitative estimate of drug-likeness (QED) is 0.764. The second-order valence-corrected chi connectivity index (χ2v) is 4.96. The van der Waals surface area contributed by atoms with Crippen molar-refractivity contribution >= 4 is 0 Å². The molecule has 0 heterocycles. The molecule has 1 aromatic carbocycles. The van der Waals surface area contributed by atoms with E-state index in [1.807, 2.05) is 6.08 Å². The molecule has 0 saturated heterocycles. The van der Waals surface area contributed by atoms with Crippen molar-refractivity contribution in [3.63, 3.8) is 0 Å². The topological polar surface area (TPSA) is 12.0 Å². The van der Waals surface area contributed by atoms with Crippen molar-refractivity contribution in [2.75, 3.05) is 6.54 Å². The third kappa shape index (κ3) is 2.98. The molecule has 1 aromatic rings. The fraction of sp³-hybridized carbons (Fsp3) is 0.500. The average Bonchev–Trinajstić information content (AvgIpc) is 2.38. The van der Waals surface area contributed by atoms with Gasteiger partial charge in [0.15, 0.2) is 0 Å². The van der Waals surface area contributed by atoms with Crippen molar-refractivity contribution in [3.05, 3.63) is 48.0 Å². The van der Waals surface area contributed by atoms with E-state index in [1.54, 1.807) is 11.1 Å². The van der Waals surface area contributed by atoms with Crippen LogP contribution >= 0.6 is 0 Å². The second-order valence-electron chi connectivity index (χ2n) is 4.96. The van der Waals surface area contributed by atoms with Crippen LogP contribution in [0.15, 0.2) is 36.9 Å². The molecule has 0 aromatic heterocycles. The molecule has 1 aliphatic rings. The summed E-state index contributed by atoms with van der Waals surface area (Å²) in [5, 5.41) is 3.61. The van der Waals surface area contributed by atoms with Crippen LogP contribution in [0.5, 0.6) is 0 Å². The molecular weight excluding hydrogens is 206 g/mol. The maximum absolute atomic E-state index is 3.88. The molecule has 0 fully saturated rings. The van der Waals surface area contributed by atoms with Gasteiger partial charge in [-0.3, -0.25) is 0 Å². The fourth-order valence-electron chi connectivity index (χ4n) is 2.95. The van der Waals surface area contributed by atoms with Crippen LogP contribution in [0, 0.1) is 5.92 Å². The van der Waals surface area contributed by atoms with Gasteiger partial charge in [0.1, 0.15) is 0 Å². The van der Waals surface area contributed by atoms with E-state index in [2.05, 4.69) is 43.1 Å². The minimum atomic E-state index is 0.603. The van der Waals surface area contributed by atoms with Gasteiger partial charge in [0.2, 0.25) is 0 Å². The fourth-order valence-corrected chi connectivity index (χ4v) is 2.95. The lowest BCUT2D eigenvalue weighted by Gasteiger charge is -2.31. The number of hydrogen-bond acceptors (Lipinski definition) is 1. The SMILES string of the molecule is C=CCC(NCC)C1CCc2ccccc2C1. The first kappa shape index (κ1) is 12.4. The van der Waals surface area contributed by atoms with E-state index in [4.69, 9.17) is 0 Å². The van der Waals surface area contributed by atoms with Gasteiger partial charge in [0.05, 0.1) is 0 Å². The Balaban J connectivity index is 2.07. The maximum Gasteiger partial charge on any atom is 0.0133 e. The molecule has 0 spiro atoms. The molecule has 0 bridgehead atoms. The van der Waals surface area contributed by atoms with E-state index in [-0.39, 0.29) is 0 Å². The number of benzene rings is 1. The largest absolute Gasteiger partial charge is 0.314 e. The molecule has 1 heteroatoms. The highest BCUT2D eigenvalue weighted by molar-refractivity contribution is 5.30. The number of rotatable bonds is 5. The van der Waals surface area contributed by atoms with Gasteiger partial charge in [-0.05, 0) is 49.3 Å². The summed E-state index contributed by atoms with van der Waals surface area (Å²) in [5.41, 5.74) is 3.10. The average molecular weight is 229 g/mol. The van der Waals surface area contributed by atoms with E-state index < -0.39 is 0 Å². The second kappa shape index (κ2) is 6.02. The van der Waals surface area contributed by atoms with Crippen molar-refractivity contribution in [1.82, 2.24) is 5.32 Å². The zero-order valence-electron chi connectivity index (χ0n) is 10.8. The van der Waals surface area contributed by atoms with Crippen molar-refractivity contribution in [1.29, 1.82) is 0 Å². The summed E-state index contributed by atoms with van der Waals surface area (Å²) in [6.07, 6.45) is 6.90. The van der Waals surface area contributed by atoms with Crippen LogP contribution < -0.4 is 5.32 Å². The summed E-state index contributed by atoms with van der Waals surface area (Å²) >= 11 is 0. The van der Waals surface area contributed by atoms with Crippen molar-refractivity contribution in [2.45, 2.75) is 38.6 Å². The molecule has 2 atom stereocenters. The first-order valence-electron chi connectivity index (χ1n) is 6.76. The molecular formula is C16H23N. The van der Waals surface area contributed by atoms with Gasteiger partial charge >= 0.3 is 0 Å². The first-order valence-corrected chi connectivity index (χ1v) is 6.76. The van der Waals surface area contributed by atoms with Crippen LogP contribution in [0.1, 0.15) is 30.9 Å². The highest BCUT2D eigenvalue weighted by Gasteiger charge is 2.24. The molecule has 1 aliphatic carbocycles. The van der Waals surface area contributed by atoms with Crippen LogP contribution in [-0.4, -0.2) is 12.6 Å². The number of aryl methyl sites for hydroxylation is 1. The molecule has 0 aliphatic heterocycles. The molecule has 17 heavy (non-hydrogen) atoms. The summed E-state index contributed by atoms with van der Waals surface area (Å²) in [6.45, 7) is 7.12. The Labute approximate surface area is 105 Å². The van der Waals surface area contributed by atoms with Crippen LogP contribution in [0.25, 0.3) is 0 Å². The monoisotopic (exact) mass is 229 g/mol. The maximum atomic E-state index is 3.88. The lowest BCUT2D eigenvalue weighted by atomic mass is 9.79. The molecule has 1 nitrogen and oxygen atoms in total. The molecule has 1 N–H and O–H groups in total. The van der Waals surface area contributed by atoms with Gasteiger partial charge in [-0.15, -0.1) is 6.58 Å². The van der Waals surface area contributed by atoms with E-state index in [9.17, 15) is 0 Å². The van der Waals surface area contributed by atoms with Gasteiger partial charge in [-0.2, -0.15) is 0 Å². The van der Waals surface area contributed by atoms with Crippen LogP contribution in [0.2, 0.25) is 0 Å². The molecule has 0 saturated carbocycles. The molecule has 2 rings (SSSR count). The first-order chi connectivity index (χ1) is 8.35. The summed E-state index contributed by atoms with van der Waals surface area (Å²) in [6, 6.07) is 9.49. The Morgan fingerprint density at radius 2 is 2.18 bits per heavy atom. The predicted molar refractivity (Wildman–Crippen MR) is 74.2 cm³/mol. The Kier molecular flexibility index (Phi) is 4.38. The number of fused-ring (bicyclic) bond motifs is 1. The van der Waals surface area contributed by atoms with E-state index in [0.717, 1.165) is 18.9 Å². The predicted octanol–water partition coefficient (Wildman–Crippen LogP) is 3.35. The molecule has 92 valence electrons. The highest BCUT2D eigenvalue weighted by Crippen LogP contribution is 2.28. The van der Waals surface area contributed by atoms with Crippen molar-refractivity contribution in [3.8, 4) is 0 Å². The van der Waals surface area contributed by atoms with Gasteiger partial charge in [0.25, 0.3) is 0 Å². The van der Waals surface area contributed by atoms with E-state index in [0.29, 0.717) is 6.04 Å². The van der Waals surface area contributed by atoms with Gasteiger partial charge in [-0.1, -0.05) is 37.3 Å². The van der Waals surface area contributed by atoms with Gasteiger partial charge < -0.3 is 5.32 Å². The third-order valence-corrected chi connectivity index (χ3v) is 3.84. The standard InChI is InChI=1S/C16H23N/c1-3-7-16(17-4-2)15-11-10-13-8-5-6-9-14(13)12-15/h3,5-6,8-9,15-17H,1,4,7,10-12H2,2H3. The zero-order chi connectivity index (χ0) is 12.1. The minimum Gasteiger partial charge on any atom is -0.314 e. The summed E-state index contributed by atoms with van der Waals surface area (Å²) < 4.78 is 0. The van der Waals surface area contributed by atoms with Crippen molar-refractivity contribution in [2.24, 2.45) is 5.92 Å². The van der Waals surface area contributed by atoms with E-state index in [1.165, 1.54) is 19.3 Å². The minimum absolute atomic E-state index is 0.603. The Hall–Kier alpha value is -1.08. The summed E-state index contributed by atoms with van der Waals surface area (Å²) in [4.78, 5) is 0. The smallest absolute Gasteiger partial charge is 0.0133 e. The molecule has 0 radical (unpaired) electrons. The highest BCUT2D eigenvalue weighted by atomic mass is 14.9.